The summed E-state index contributed by atoms with van der Waals surface area (Å²) in [5.41, 5.74) is 3.48. The minimum atomic E-state index is -1.10. The van der Waals surface area contributed by atoms with E-state index in [9.17, 15) is 19.5 Å². The summed E-state index contributed by atoms with van der Waals surface area (Å²) in [7, 11) is 0. The first-order valence-electron chi connectivity index (χ1n) is 17.3. The van der Waals surface area contributed by atoms with Crippen molar-refractivity contribution in [1.29, 1.82) is 0 Å². The molecule has 2 aromatic heterocycles. The van der Waals surface area contributed by atoms with E-state index in [0.29, 0.717) is 10.7 Å². The average Bonchev–Trinajstić information content (AvgIpc) is 3.61. The molecular formula is C40H49N3O5S. The Morgan fingerprint density at radius 2 is 1.49 bits per heavy atom. The number of rotatable bonds is 18. The molecule has 0 spiro atoms. The fourth-order valence-corrected chi connectivity index (χ4v) is 6.45. The molecule has 9 heteroatoms. The smallest absolute Gasteiger partial charge is 0.326 e. The first-order chi connectivity index (χ1) is 23.5. The van der Waals surface area contributed by atoms with Crippen LogP contribution in [0.1, 0.15) is 99.7 Å². The number of ketones is 1. The van der Waals surface area contributed by atoms with Crippen LogP contribution in [0.3, 0.4) is 0 Å². The lowest BCUT2D eigenvalue weighted by Gasteiger charge is -2.19. The van der Waals surface area contributed by atoms with Crippen LogP contribution in [0.2, 0.25) is 0 Å². The van der Waals surface area contributed by atoms with Crippen molar-refractivity contribution in [2.45, 2.75) is 97.4 Å². The van der Waals surface area contributed by atoms with Crippen molar-refractivity contribution >= 4 is 29.0 Å². The van der Waals surface area contributed by atoms with Gasteiger partial charge in [-0.3, -0.25) is 9.59 Å². The van der Waals surface area contributed by atoms with Crippen LogP contribution in [0.5, 0.6) is 5.75 Å². The van der Waals surface area contributed by atoms with Crippen molar-refractivity contribution in [3.05, 3.63) is 88.4 Å². The Bertz CT molecular complexity index is 1660. The van der Waals surface area contributed by atoms with E-state index >= 15 is 0 Å². The molecule has 0 aliphatic carbocycles. The molecule has 1 amide bonds. The molecular weight excluding hydrogens is 635 g/mol. The number of benzene rings is 2. The number of ether oxygens (including phenoxy) is 1. The highest BCUT2D eigenvalue weighted by atomic mass is 32.1. The second-order valence-electron chi connectivity index (χ2n) is 13.5. The summed E-state index contributed by atoms with van der Waals surface area (Å²) < 4.78 is 5.89. The van der Waals surface area contributed by atoms with Crippen LogP contribution in [-0.2, 0) is 21.4 Å². The van der Waals surface area contributed by atoms with Crippen molar-refractivity contribution in [3.8, 4) is 28.3 Å². The predicted octanol–water partition coefficient (Wildman–Crippen LogP) is 8.93. The fourth-order valence-electron chi connectivity index (χ4n) is 5.44. The van der Waals surface area contributed by atoms with Crippen molar-refractivity contribution in [3.63, 3.8) is 0 Å². The summed E-state index contributed by atoms with van der Waals surface area (Å²) in [6, 6.07) is 18.3. The molecule has 49 heavy (non-hydrogen) atoms. The summed E-state index contributed by atoms with van der Waals surface area (Å²) in [5, 5.41) is 12.2. The summed E-state index contributed by atoms with van der Waals surface area (Å²) in [4.78, 5) is 49.2. The minimum absolute atomic E-state index is 0.0234. The van der Waals surface area contributed by atoms with Gasteiger partial charge < -0.3 is 15.2 Å². The number of carbonyl (C=O) groups is 3. The molecule has 0 aliphatic rings. The van der Waals surface area contributed by atoms with E-state index in [1.54, 1.807) is 19.3 Å². The van der Waals surface area contributed by atoms with E-state index < -0.39 is 23.8 Å². The van der Waals surface area contributed by atoms with Gasteiger partial charge in [-0.2, -0.15) is 0 Å². The maximum Gasteiger partial charge on any atom is 0.326 e. The highest BCUT2D eigenvalue weighted by Crippen LogP contribution is 2.31. The molecule has 0 unspecified atom stereocenters. The maximum atomic E-state index is 13.3. The Kier molecular flexibility index (Phi) is 13.6. The predicted molar refractivity (Wildman–Crippen MR) is 196 cm³/mol. The molecule has 2 N–H and O–H groups in total. The normalized spacial score (nSPS) is 12.7. The Morgan fingerprint density at radius 3 is 2.08 bits per heavy atom. The van der Waals surface area contributed by atoms with E-state index in [2.05, 4.69) is 43.0 Å². The maximum absolute atomic E-state index is 13.3. The number of carboxylic acid groups (broad SMARTS) is 1. The highest BCUT2D eigenvalue weighted by Gasteiger charge is 2.28. The number of aliphatic carboxylic acids is 1. The number of nitrogens with zero attached hydrogens (tertiary/aromatic N) is 2. The summed E-state index contributed by atoms with van der Waals surface area (Å²) in [6.07, 6.45) is 10.1. The summed E-state index contributed by atoms with van der Waals surface area (Å²) in [5.74, 6) is -0.977. The van der Waals surface area contributed by atoms with Crippen LogP contribution in [0.15, 0.2) is 73.1 Å². The number of thiophene rings is 1. The first-order valence-corrected chi connectivity index (χ1v) is 18.1. The van der Waals surface area contributed by atoms with Crippen molar-refractivity contribution in [1.82, 2.24) is 15.3 Å². The third kappa shape index (κ3) is 11.1. The number of Topliss-reactive ketones (excluding diaryl/α,β-unsaturated/α-hetero) is 1. The van der Waals surface area contributed by atoms with Crippen LogP contribution in [0.25, 0.3) is 22.5 Å². The standard InChI is InChI=1S/C40H49N3O5S/c1-6-8-9-10-11-22-48-32-18-16-28(17-19-32)31-25-41-37(42-26-31)29-14-12-27(13-15-29)23-30(38(45)43-33(7-2)39(46)47)24-34(44)35-20-21-36(49-35)40(3,4)5/h12-21,25-26,30,33H,6-11,22-24H2,1-5H3,(H,43,45)(H,46,47)/t30-,33+/m1/s1. The van der Waals surface area contributed by atoms with Gasteiger partial charge in [0.15, 0.2) is 11.6 Å². The third-order valence-corrected chi connectivity index (χ3v) is 10.0. The van der Waals surface area contributed by atoms with E-state index in [1.165, 1.54) is 37.0 Å². The van der Waals surface area contributed by atoms with Crippen LogP contribution in [-0.4, -0.2) is 45.4 Å². The van der Waals surface area contributed by atoms with Gasteiger partial charge >= 0.3 is 5.97 Å². The van der Waals surface area contributed by atoms with Crippen LogP contribution >= 0.6 is 11.3 Å². The van der Waals surface area contributed by atoms with Gasteiger partial charge in [-0.1, -0.05) is 96.7 Å². The Morgan fingerprint density at radius 1 is 0.837 bits per heavy atom. The van der Waals surface area contributed by atoms with Crippen LogP contribution in [0, 0.1) is 5.92 Å². The number of amides is 1. The quantitative estimate of drug-likeness (QED) is 0.0794. The molecule has 4 rings (SSSR count). The zero-order valence-electron chi connectivity index (χ0n) is 29.3. The lowest BCUT2D eigenvalue weighted by Crippen LogP contribution is -2.44. The van der Waals surface area contributed by atoms with E-state index in [4.69, 9.17) is 4.74 Å². The largest absolute Gasteiger partial charge is 0.494 e. The van der Waals surface area contributed by atoms with E-state index in [1.807, 2.05) is 60.7 Å². The number of hydrogen-bond acceptors (Lipinski definition) is 7. The molecule has 2 atom stereocenters. The molecule has 0 saturated heterocycles. The second-order valence-corrected chi connectivity index (χ2v) is 14.6. The fraction of sp³-hybridized carbons (Fsp3) is 0.425. The first kappa shape index (κ1) is 37.4. The molecule has 0 radical (unpaired) electrons. The van der Waals surface area contributed by atoms with Gasteiger partial charge in [0.05, 0.1) is 11.5 Å². The monoisotopic (exact) mass is 683 g/mol. The van der Waals surface area contributed by atoms with Crippen LogP contribution in [0.4, 0.5) is 0 Å². The lowest BCUT2D eigenvalue weighted by atomic mass is 9.92. The third-order valence-electron chi connectivity index (χ3n) is 8.50. The van der Waals surface area contributed by atoms with Gasteiger partial charge in [0, 0.05) is 40.7 Å². The number of carboxylic acids is 1. The zero-order valence-corrected chi connectivity index (χ0v) is 30.1. The number of carbonyl (C=O) groups excluding carboxylic acids is 2. The molecule has 0 fully saturated rings. The SMILES string of the molecule is CCCCCCCOc1ccc(-c2cnc(-c3ccc(C[C@H](CC(=O)c4ccc(C(C)(C)C)s4)C(=O)N[C@@H](CC)C(=O)O)cc3)nc2)cc1. The highest BCUT2D eigenvalue weighted by molar-refractivity contribution is 7.14. The lowest BCUT2D eigenvalue weighted by molar-refractivity contribution is -0.142. The molecule has 0 saturated carbocycles. The number of unbranched alkanes of at least 4 members (excludes halogenated alkanes) is 4. The molecule has 2 heterocycles. The Hall–Kier alpha value is -4.37. The van der Waals surface area contributed by atoms with Crippen molar-refractivity contribution in [2.75, 3.05) is 6.61 Å². The van der Waals surface area contributed by atoms with Crippen molar-refractivity contribution < 1.29 is 24.2 Å². The van der Waals surface area contributed by atoms with Gasteiger partial charge in [-0.15, -0.1) is 11.3 Å². The molecule has 2 aromatic carbocycles. The van der Waals surface area contributed by atoms with Gasteiger partial charge in [-0.25, -0.2) is 14.8 Å². The van der Waals surface area contributed by atoms with Gasteiger partial charge in [-0.05, 0) is 60.1 Å². The van der Waals surface area contributed by atoms with Gasteiger partial charge in [0.25, 0.3) is 0 Å². The molecule has 260 valence electrons. The topological polar surface area (TPSA) is 118 Å². The molecule has 0 bridgehead atoms. The molecule has 0 aliphatic heterocycles. The Balaban J connectivity index is 1.41. The Labute approximate surface area is 294 Å². The van der Waals surface area contributed by atoms with Crippen LogP contribution < -0.4 is 10.1 Å². The summed E-state index contributed by atoms with van der Waals surface area (Å²) >= 11 is 1.44. The number of nitrogens with one attached hydrogen (secondary N) is 1. The van der Waals surface area contributed by atoms with Crippen molar-refractivity contribution in [2.24, 2.45) is 5.92 Å². The minimum Gasteiger partial charge on any atom is -0.494 e. The zero-order chi connectivity index (χ0) is 35.4. The summed E-state index contributed by atoms with van der Waals surface area (Å²) in [6.45, 7) is 10.9. The molecule has 8 nitrogen and oxygen atoms in total. The van der Waals surface area contributed by atoms with Gasteiger partial charge in [0.1, 0.15) is 11.8 Å². The average molecular weight is 684 g/mol. The number of hydrogen-bond donors (Lipinski definition) is 2. The number of aromatic nitrogens is 2. The van der Waals surface area contributed by atoms with E-state index in [0.717, 1.165) is 45.9 Å². The molecule has 4 aromatic rings. The second kappa shape index (κ2) is 17.9. The van der Waals surface area contributed by atoms with E-state index in [-0.39, 0.29) is 30.5 Å². The van der Waals surface area contributed by atoms with Gasteiger partial charge in [0.2, 0.25) is 5.91 Å².